The van der Waals surface area contributed by atoms with Crippen LogP contribution in [0.3, 0.4) is 0 Å². The van der Waals surface area contributed by atoms with Crippen molar-refractivity contribution in [3.8, 4) is 0 Å². The van der Waals surface area contributed by atoms with E-state index in [0.717, 1.165) is 29.6 Å². The summed E-state index contributed by atoms with van der Waals surface area (Å²) < 4.78 is 0. The number of aliphatic hydroxyl groups excluding tert-OH is 1. The lowest BCUT2D eigenvalue weighted by Crippen LogP contribution is -2.51. The first-order valence-electron chi connectivity index (χ1n) is 6.79. The molecule has 2 aliphatic rings. The van der Waals surface area contributed by atoms with Gasteiger partial charge in [-0.1, -0.05) is 33.3 Å². The number of carbonyl (C=O) groups excluding carboxylic acids is 1. The molecule has 0 aromatic carbocycles. The molecule has 0 saturated heterocycles. The highest BCUT2D eigenvalue weighted by atomic mass is 16.3. The number of fused-ring (bicyclic) bond motifs is 1. The molecule has 2 aliphatic carbocycles. The number of hydrogen-bond acceptors (Lipinski definition) is 2. The molecule has 0 aromatic heterocycles. The van der Waals surface area contributed by atoms with Gasteiger partial charge in [0.05, 0.1) is 0 Å². The van der Waals surface area contributed by atoms with Gasteiger partial charge in [0.25, 0.3) is 0 Å². The molecule has 0 unspecified atom stereocenters. The van der Waals surface area contributed by atoms with Crippen molar-refractivity contribution in [2.24, 2.45) is 29.1 Å². The molecule has 2 rings (SSSR count). The van der Waals surface area contributed by atoms with Gasteiger partial charge >= 0.3 is 0 Å². The van der Waals surface area contributed by atoms with Crippen molar-refractivity contribution in [3.05, 3.63) is 11.6 Å². The molecule has 0 spiro atoms. The van der Waals surface area contributed by atoms with Gasteiger partial charge in [-0.15, -0.1) is 0 Å². The molecule has 2 heteroatoms. The van der Waals surface area contributed by atoms with Crippen molar-refractivity contribution in [1.82, 2.24) is 0 Å². The SMILES string of the molecule is C[C@H]1CC[C@@H]2[C@H]1[C@@H](/C=C(/C=O)CCO)C2(C)C. The summed E-state index contributed by atoms with van der Waals surface area (Å²) in [6.07, 6.45) is 6.24. The molecule has 2 fully saturated rings. The number of rotatable bonds is 4. The molecule has 0 amide bonds. The summed E-state index contributed by atoms with van der Waals surface area (Å²) in [6.45, 7) is 7.07. The number of hydrogen-bond donors (Lipinski definition) is 1. The van der Waals surface area contributed by atoms with Gasteiger partial charge in [-0.3, -0.25) is 4.79 Å². The lowest BCUT2D eigenvalue weighted by atomic mass is 9.48. The monoisotopic (exact) mass is 236 g/mol. The normalized spacial score (nSPS) is 39.6. The standard InChI is InChI=1S/C15H24O2/c1-10-4-5-12-14(10)13(15(12,2)3)8-11(9-17)6-7-16/h8-10,12-14,16H,4-7H2,1-3H3/b11-8+/t10-,12+,13+,14-/m0/s1. The van der Waals surface area contributed by atoms with Crippen LogP contribution in [0.1, 0.15) is 40.0 Å². The number of aldehydes is 1. The third kappa shape index (κ3) is 1.97. The van der Waals surface area contributed by atoms with E-state index in [1.807, 2.05) is 0 Å². The van der Waals surface area contributed by atoms with Gasteiger partial charge < -0.3 is 5.11 Å². The summed E-state index contributed by atoms with van der Waals surface area (Å²) in [6, 6.07) is 0. The van der Waals surface area contributed by atoms with Crippen LogP contribution in [0.15, 0.2) is 11.6 Å². The van der Waals surface area contributed by atoms with E-state index in [9.17, 15) is 4.79 Å². The Hall–Kier alpha value is -0.630. The second-order valence-corrected chi connectivity index (χ2v) is 6.42. The lowest BCUT2D eigenvalue weighted by Gasteiger charge is -2.56. The van der Waals surface area contributed by atoms with Crippen molar-refractivity contribution in [1.29, 1.82) is 0 Å². The zero-order chi connectivity index (χ0) is 12.6. The number of aliphatic hydroxyl groups is 1. The first kappa shape index (κ1) is 12.8. The van der Waals surface area contributed by atoms with Crippen LogP contribution in [-0.4, -0.2) is 18.0 Å². The van der Waals surface area contributed by atoms with Gasteiger partial charge in [0.2, 0.25) is 0 Å². The topological polar surface area (TPSA) is 37.3 Å². The van der Waals surface area contributed by atoms with E-state index in [-0.39, 0.29) is 6.61 Å². The van der Waals surface area contributed by atoms with Gasteiger partial charge in [0.1, 0.15) is 6.29 Å². The van der Waals surface area contributed by atoms with Gasteiger partial charge in [0, 0.05) is 6.61 Å². The van der Waals surface area contributed by atoms with Crippen LogP contribution in [0, 0.1) is 29.1 Å². The Morgan fingerprint density at radius 2 is 2.12 bits per heavy atom. The molecule has 2 nitrogen and oxygen atoms in total. The Kier molecular flexibility index (Phi) is 3.44. The van der Waals surface area contributed by atoms with Gasteiger partial charge in [-0.25, -0.2) is 0 Å². The highest BCUT2D eigenvalue weighted by Gasteiger charge is 2.58. The van der Waals surface area contributed by atoms with Crippen molar-refractivity contribution >= 4 is 6.29 Å². The van der Waals surface area contributed by atoms with Gasteiger partial charge in [-0.2, -0.15) is 0 Å². The Morgan fingerprint density at radius 1 is 1.41 bits per heavy atom. The summed E-state index contributed by atoms with van der Waals surface area (Å²) in [5.74, 6) is 2.91. The van der Waals surface area contributed by atoms with Gasteiger partial charge in [-0.05, 0) is 47.5 Å². The fraction of sp³-hybridized carbons (Fsp3) is 0.800. The summed E-state index contributed by atoms with van der Waals surface area (Å²) >= 11 is 0. The smallest absolute Gasteiger partial charge is 0.145 e. The van der Waals surface area contributed by atoms with Crippen LogP contribution in [0.4, 0.5) is 0 Å². The van der Waals surface area contributed by atoms with Crippen molar-refractivity contribution in [3.63, 3.8) is 0 Å². The van der Waals surface area contributed by atoms with Crippen LogP contribution in [0.25, 0.3) is 0 Å². The van der Waals surface area contributed by atoms with E-state index in [2.05, 4.69) is 26.8 Å². The fourth-order valence-corrected chi connectivity index (χ4v) is 4.19. The van der Waals surface area contributed by atoms with E-state index in [1.165, 1.54) is 12.8 Å². The number of allylic oxidation sites excluding steroid dienone is 1. The third-order valence-corrected chi connectivity index (χ3v) is 5.23. The lowest BCUT2D eigenvalue weighted by molar-refractivity contribution is -0.105. The molecule has 0 aliphatic heterocycles. The van der Waals surface area contributed by atoms with Crippen LogP contribution in [0.2, 0.25) is 0 Å². The minimum atomic E-state index is 0.0708. The Labute approximate surface area is 104 Å². The van der Waals surface area contributed by atoms with E-state index >= 15 is 0 Å². The van der Waals surface area contributed by atoms with E-state index in [0.29, 0.717) is 17.8 Å². The zero-order valence-electron chi connectivity index (χ0n) is 11.1. The summed E-state index contributed by atoms with van der Waals surface area (Å²) in [4.78, 5) is 11.0. The zero-order valence-corrected chi connectivity index (χ0v) is 11.1. The summed E-state index contributed by atoms with van der Waals surface area (Å²) in [7, 11) is 0. The third-order valence-electron chi connectivity index (χ3n) is 5.23. The maximum atomic E-state index is 11.0. The summed E-state index contributed by atoms with van der Waals surface area (Å²) in [5, 5.41) is 8.94. The molecular formula is C15H24O2. The largest absolute Gasteiger partial charge is 0.396 e. The van der Waals surface area contributed by atoms with Crippen molar-refractivity contribution in [2.75, 3.05) is 6.61 Å². The highest BCUT2D eigenvalue weighted by Crippen LogP contribution is 2.65. The van der Waals surface area contributed by atoms with Gasteiger partial charge in [0.15, 0.2) is 0 Å². The number of carbonyl (C=O) groups is 1. The van der Waals surface area contributed by atoms with E-state index in [4.69, 9.17) is 5.11 Å². The van der Waals surface area contributed by atoms with Crippen molar-refractivity contribution in [2.45, 2.75) is 40.0 Å². The van der Waals surface area contributed by atoms with Crippen LogP contribution in [-0.2, 0) is 4.79 Å². The minimum Gasteiger partial charge on any atom is -0.396 e. The molecule has 2 saturated carbocycles. The highest BCUT2D eigenvalue weighted by molar-refractivity contribution is 5.73. The second kappa shape index (κ2) is 4.56. The molecule has 17 heavy (non-hydrogen) atoms. The first-order chi connectivity index (χ1) is 8.02. The van der Waals surface area contributed by atoms with E-state index < -0.39 is 0 Å². The predicted molar refractivity (Wildman–Crippen MR) is 68.5 cm³/mol. The Morgan fingerprint density at radius 3 is 2.71 bits per heavy atom. The Balaban J connectivity index is 2.17. The van der Waals surface area contributed by atoms with E-state index in [1.54, 1.807) is 0 Å². The molecule has 0 heterocycles. The molecule has 96 valence electrons. The predicted octanol–water partition coefficient (Wildman–Crippen LogP) is 2.81. The average Bonchev–Trinajstić information content (AvgIpc) is 2.64. The second-order valence-electron chi connectivity index (χ2n) is 6.42. The molecule has 0 bridgehead atoms. The molecule has 4 atom stereocenters. The summed E-state index contributed by atoms with van der Waals surface area (Å²) in [5.41, 5.74) is 1.11. The quantitative estimate of drug-likeness (QED) is 0.602. The average molecular weight is 236 g/mol. The van der Waals surface area contributed by atoms with Crippen LogP contribution < -0.4 is 0 Å². The maximum Gasteiger partial charge on any atom is 0.145 e. The maximum absolute atomic E-state index is 11.0. The molecular weight excluding hydrogens is 212 g/mol. The first-order valence-corrected chi connectivity index (χ1v) is 6.79. The molecule has 0 aromatic rings. The molecule has 1 N–H and O–H groups in total. The van der Waals surface area contributed by atoms with Crippen LogP contribution >= 0.6 is 0 Å². The van der Waals surface area contributed by atoms with Crippen LogP contribution in [0.5, 0.6) is 0 Å². The minimum absolute atomic E-state index is 0.0708. The molecule has 0 radical (unpaired) electrons. The fourth-order valence-electron chi connectivity index (χ4n) is 4.19. The van der Waals surface area contributed by atoms with Crippen molar-refractivity contribution < 1.29 is 9.90 Å². The Bertz CT molecular complexity index is 330.